The first kappa shape index (κ1) is 28.8. The second kappa shape index (κ2) is 14.7. The molecule has 4 heteroatoms. The van der Waals surface area contributed by atoms with Crippen LogP contribution in [-0.2, 0) is 0 Å². The summed E-state index contributed by atoms with van der Waals surface area (Å²) in [5.74, 6) is 0. The highest BCUT2D eigenvalue weighted by Gasteiger charge is 2.41. The van der Waals surface area contributed by atoms with Gasteiger partial charge in [0.2, 0.25) is 0 Å². The van der Waals surface area contributed by atoms with Crippen molar-refractivity contribution in [1.82, 2.24) is 9.13 Å². The van der Waals surface area contributed by atoms with Crippen LogP contribution in [-0.4, -0.2) is 17.2 Å². The number of thiophene rings is 1. The molecule has 64 heavy (non-hydrogen) atoms. The predicted octanol–water partition coefficient (Wildman–Crippen LogP) is 13.3. The number of aromatic nitrogens is 2. The smallest absolute Gasteiger partial charge is 0.179 e. The minimum absolute atomic E-state index is 0.0682. The van der Waals surface area contributed by atoms with Gasteiger partial charge in [-0.05, 0) is 74.3 Å². The quantitative estimate of drug-likeness (QED) is 0.112. The molecule has 0 fully saturated rings. The van der Waals surface area contributed by atoms with Crippen LogP contribution >= 0.6 is 11.3 Å². The molecular formula is C60H40N2SSi. The molecule has 0 aliphatic rings. The molecule has 3 aromatic heterocycles. The first-order chi connectivity index (χ1) is 35.5. The normalized spacial score (nSPS) is 14.0. The van der Waals surface area contributed by atoms with E-state index in [2.05, 4.69) is 77.4 Å². The lowest BCUT2D eigenvalue weighted by Gasteiger charge is -2.34. The summed E-state index contributed by atoms with van der Waals surface area (Å²) in [6, 6.07) is 59.6. The van der Waals surface area contributed by atoms with Gasteiger partial charge in [-0.1, -0.05) is 200 Å². The lowest BCUT2D eigenvalue weighted by molar-refractivity contribution is 1.18. The molecule has 0 amide bonds. The van der Waals surface area contributed by atoms with E-state index < -0.39 is 26.2 Å². The molecule has 3 heterocycles. The van der Waals surface area contributed by atoms with Crippen LogP contribution in [0.3, 0.4) is 0 Å². The zero-order valence-electron chi connectivity index (χ0n) is 43.2. The van der Waals surface area contributed by atoms with E-state index in [1.54, 1.807) is 23.5 Å². The third-order valence-electron chi connectivity index (χ3n) is 12.8. The van der Waals surface area contributed by atoms with Crippen LogP contribution in [0.4, 0.5) is 0 Å². The van der Waals surface area contributed by atoms with Crippen LogP contribution in [0.25, 0.3) is 86.3 Å². The van der Waals surface area contributed by atoms with Crippen LogP contribution in [0.2, 0.25) is 0 Å². The summed E-state index contributed by atoms with van der Waals surface area (Å²) in [6.07, 6.45) is 0. The van der Waals surface area contributed by atoms with Crippen molar-refractivity contribution in [3.8, 4) is 22.5 Å². The Bertz CT molecular complexity index is 4280. The van der Waals surface area contributed by atoms with Crippen molar-refractivity contribution in [3.05, 3.63) is 242 Å². The lowest BCUT2D eigenvalue weighted by atomic mass is 10.1. The highest BCUT2D eigenvalue weighted by atomic mass is 32.1. The van der Waals surface area contributed by atoms with Gasteiger partial charge in [-0.25, -0.2) is 0 Å². The molecule has 0 bridgehead atoms. The molecule has 0 radical (unpaired) electrons. The third kappa shape index (κ3) is 5.43. The first-order valence-corrected chi connectivity index (χ1v) is 24.1. The van der Waals surface area contributed by atoms with Gasteiger partial charge in [0.05, 0.1) is 44.8 Å². The zero-order chi connectivity index (χ0) is 50.0. The number of hydrogen-bond donors (Lipinski definition) is 0. The molecule has 0 saturated carbocycles. The SMILES string of the molecule is [2H]c1c([2H])c([2H])c(-c2ccc([Si](c3ccccc3)(c3ccccc3)c3c([2H])c([2H])c(-n4c5ccccc5c5cc(-n6c7ccccc7c7ccccc76)c6sc7ccccc7c6c54)c([2H])c3[2H])cc2)c([2H])c1[2H]. The first-order valence-electron chi connectivity index (χ1n) is 25.8. The number of benzene rings is 10. The summed E-state index contributed by atoms with van der Waals surface area (Å²) in [7, 11) is -3.82. The largest absolute Gasteiger partial charge is 0.309 e. The molecule has 300 valence electrons. The van der Waals surface area contributed by atoms with Gasteiger partial charge in [-0.3, -0.25) is 0 Å². The Hall–Kier alpha value is -7.76. The summed E-state index contributed by atoms with van der Waals surface area (Å²) in [4.78, 5) is 0. The van der Waals surface area contributed by atoms with Gasteiger partial charge in [0.15, 0.2) is 8.07 Å². The van der Waals surface area contributed by atoms with Gasteiger partial charge in [-0.2, -0.15) is 0 Å². The molecule has 0 saturated heterocycles. The van der Waals surface area contributed by atoms with Crippen LogP contribution in [0.5, 0.6) is 0 Å². The molecule has 13 aromatic rings. The summed E-state index contributed by atoms with van der Waals surface area (Å²) in [5.41, 5.74) is 5.34. The topological polar surface area (TPSA) is 9.86 Å². The van der Waals surface area contributed by atoms with Crippen LogP contribution in [0.1, 0.15) is 12.3 Å². The third-order valence-corrected chi connectivity index (χ3v) is 18.6. The molecule has 0 aliphatic heterocycles. The van der Waals surface area contributed by atoms with Gasteiger partial charge in [0.1, 0.15) is 0 Å². The predicted molar refractivity (Wildman–Crippen MR) is 277 cm³/mol. The van der Waals surface area contributed by atoms with E-state index in [9.17, 15) is 5.48 Å². The minimum Gasteiger partial charge on any atom is -0.309 e. The highest BCUT2D eigenvalue weighted by molar-refractivity contribution is 7.26. The molecular weight excluding hydrogens is 809 g/mol. The maximum atomic E-state index is 10.4. The van der Waals surface area contributed by atoms with Gasteiger partial charge in [0.25, 0.3) is 0 Å². The summed E-state index contributed by atoms with van der Waals surface area (Å²) in [5, 5.41) is 8.77. The van der Waals surface area contributed by atoms with E-state index in [0.717, 1.165) is 85.0 Å². The van der Waals surface area contributed by atoms with Crippen LogP contribution < -0.4 is 20.7 Å². The molecule has 0 unspecified atom stereocenters. The fraction of sp³-hybridized carbons (Fsp3) is 0. The van der Waals surface area contributed by atoms with E-state index in [4.69, 9.17) is 6.85 Å². The maximum absolute atomic E-state index is 10.4. The number of rotatable bonds is 7. The molecule has 0 aliphatic carbocycles. The zero-order valence-corrected chi connectivity index (χ0v) is 36.0. The Balaban J connectivity index is 1.13. The van der Waals surface area contributed by atoms with E-state index in [1.165, 1.54) is 0 Å². The molecule has 0 atom stereocenters. The molecule has 13 rings (SSSR count). The van der Waals surface area contributed by atoms with E-state index >= 15 is 0 Å². The Morgan fingerprint density at radius 3 is 1.50 bits per heavy atom. The average molecular weight is 858 g/mol. The fourth-order valence-corrected chi connectivity index (χ4v) is 15.7. The van der Waals surface area contributed by atoms with E-state index in [1.807, 2.05) is 108 Å². The van der Waals surface area contributed by atoms with Crippen molar-refractivity contribution in [2.24, 2.45) is 0 Å². The van der Waals surface area contributed by atoms with Crippen molar-refractivity contribution in [2.45, 2.75) is 0 Å². The van der Waals surface area contributed by atoms with Gasteiger partial charge < -0.3 is 9.13 Å². The summed E-state index contributed by atoms with van der Waals surface area (Å²) >= 11 is 1.70. The van der Waals surface area contributed by atoms with Crippen molar-refractivity contribution < 1.29 is 12.3 Å². The van der Waals surface area contributed by atoms with E-state index in [-0.39, 0.29) is 52.7 Å². The minimum atomic E-state index is -3.82. The summed E-state index contributed by atoms with van der Waals surface area (Å²) < 4.78 is 90.3. The van der Waals surface area contributed by atoms with E-state index in [0.29, 0.717) is 5.56 Å². The van der Waals surface area contributed by atoms with Gasteiger partial charge in [-0.15, -0.1) is 11.3 Å². The highest BCUT2D eigenvalue weighted by Crippen LogP contribution is 2.47. The Labute approximate surface area is 388 Å². The van der Waals surface area contributed by atoms with Gasteiger partial charge in [0, 0.05) is 42.7 Å². The molecule has 0 N–H and O–H groups in total. The number of hydrogen-bond acceptors (Lipinski definition) is 1. The number of para-hydroxylation sites is 3. The summed E-state index contributed by atoms with van der Waals surface area (Å²) in [6.45, 7) is 0. The average Bonchev–Trinajstić information content (AvgIpc) is 4.09. The molecule has 0 spiro atoms. The maximum Gasteiger partial charge on any atom is 0.179 e. The monoisotopic (exact) mass is 857 g/mol. The van der Waals surface area contributed by atoms with Crippen molar-refractivity contribution in [2.75, 3.05) is 0 Å². The second-order valence-corrected chi connectivity index (χ2v) is 20.9. The second-order valence-electron chi connectivity index (χ2n) is 16.1. The van der Waals surface area contributed by atoms with Crippen LogP contribution in [0.15, 0.2) is 242 Å². The Morgan fingerprint density at radius 1 is 0.391 bits per heavy atom. The van der Waals surface area contributed by atoms with Crippen molar-refractivity contribution >= 4 is 104 Å². The number of fused-ring (bicyclic) bond motifs is 10. The van der Waals surface area contributed by atoms with Crippen LogP contribution in [0, 0.1) is 0 Å². The number of nitrogens with zero attached hydrogens (tertiary/aromatic N) is 2. The van der Waals surface area contributed by atoms with Crippen molar-refractivity contribution in [3.63, 3.8) is 0 Å². The Morgan fingerprint density at radius 2 is 0.891 bits per heavy atom. The molecule has 10 aromatic carbocycles. The molecule has 2 nitrogen and oxygen atoms in total. The standard InChI is InChI=1S/C60H40N2SSi/c1-4-18-41(19-5-1)42-32-36-46(37-33-42)64(44-20-6-2-7-21-44,45-22-8-3-9-23-45)47-38-34-43(35-39-47)61-53-28-14-12-26-50(53)52-40-56(60-58(59(52)61)51-27-13-17-31-57(51)63-60)62-54-29-15-10-24-48(54)49-25-11-16-30-55(49)62/h1-40H/i1D,4D,5D,18D,19D,34D,35D,38D,39D. The van der Waals surface area contributed by atoms with Gasteiger partial charge >= 0.3 is 0 Å². The van der Waals surface area contributed by atoms with Crippen molar-refractivity contribution in [1.29, 1.82) is 0 Å². The Kier molecular flexibility index (Phi) is 6.59. The fourth-order valence-electron chi connectivity index (χ4n) is 10.1. The lowest BCUT2D eigenvalue weighted by Crippen LogP contribution is -2.74.